The summed E-state index contributed by atoms with van der Waals surface area (Å²) in [7, 11) is 1.85. The molecule has 1 aromatic heterocycles. The van der Waals surface area contributed by atoms with Crippen LogP contribution in [0.15, 0.2) is 36.7 Å². The second-order valence-corrected chi connectivity index (χ2v) is 6.07. The Morgan fingerprint density at radius 2 is 2.14 bits per heavy atom. The third-order valence-electron chi connectivity index (χ3n) is 4.44. The van der Waals surface area contributed by atoms with Gasteiger partial charge in [0.25, 0.3) is 5.91 Å². The summed E-state index contributed by atoms with van der Waals surface area (Å²) >= 11 is 0. The number of benzene rings is 1. The van der Waals surface area contributed by atoms with Gasteiger partial charge in [0.1, 0.15) is 0 Å². The lowest BCUT2D eigenvalue weighted by molar-refractivity contribution is 0.0661. The van der Waals surface area contributed by atoms with Gasteiger partial charge >= 0.3 is 0 Å². The highest BCUT2D eigenvalue weighted by molar-refractivity contribution is 5.94. The van der Waals surface area contributed by atoms with Crippen LogP contribution < -0.4 is 0 Å². The van der Waals surface area contributed by atoms with Gasteiger partial charge in [0, 0.05) is 25.8 Å². The fraction of sp³-hybridized carbons (Fsp3) is 0.444. The summed E-state index contributed by atoms with van der Waals surface area (Å²) in [6.07, 6.45) is 7.51. The van der Waals surface area contributed by atoms with Crippen molar-refractivity contribution in [2.75, 3.05) is 6.54 Å². The van der Waals surface area contributed by atoms with Crippen molar-refractivity contribution in [3.63, 3.8) is 0 Å². The summed E-state index contributed by atoms with van der Waals surface area (Å²) in [5.41, 5.74) is 3.51. The molecule has 0 radical (unpaired) electrons. The summed E-state index contributed by atoms with van der Waals surface area (Å²) in [6.45, 7) is 2.93. The quantitative estimate of drug-likeness (QED) is 0.870. The van der Waals surface area contributed by atoms with Crippen LogP contribution in [0.1, 0.15) is 41.3 Å². The number of fused-ring (bicyclic) bond motifs is 1. The Bertz CT molecular complexity index is 662. The van der Waals surface area contributed by atoms with Crippen molar-refractivity contribution in [1.29, 1.82) is 0 Å². The molecule has 1 amide bonds. The molecule has 2 aromatic rings. The molecule has 0 saturated heterocycles. The van der Waals surface area contributed by atoms with E-state index in [0.717, 1.165) is 32.2 Å². The van der Waals surface area contributed by atoms with Gasteiger partial charge < -0.3 is 4.90 Å². The van der Waals surface area contributed by atoms with E-state index in [4.69, 9.17) is 0 Å². The Labute approximate surface area is 131 Å². The minimum atomic E-state index is 0.110. The Hall–Kier alpha value is -2.10. The minimum Gasteiger partial charge on any atom is -0.335 e. The maximum absolute atomic E-state index is 12.8. The van der Waals surface area contributed by atoms with Crippen LogP contribution >= 0.6 is 0 Å². The van der Waals surface area contributed by atoms with Crippen molar-refractivity contribution in [2.24, 2.45) is 7.05 Å². The predicted octanol–water partition coefficient (Wildman–Crippen LogP) is 2.83. The normalized spacial score (nSPS) is 17.1. The number of aromatic nitrogens is 2. The van der Waals surface area contributed by atoms with Crippen molar-refractivity contribution < 1.29 is 4.79 Å². The van der Waals surface area contributed by atoms with E-state index in [9.17, 15) is 4.79 Å². The molecule has 3 rings (SSSR count). The van der Waals surface area contributed by atoms with Gasteiger partial charge in [0.05, 0.1) is 11.8 Å². The molecule has 0 bridgehead atoms. The first kappa shape index (κ1) is 14.8. The molecule has 0 saturated carbocycles. The largest absolute Gasteiger partial charge is 0.335 e. The summed E-state index contributed by atoms with van der Waals surface area (Å²) in [5, 5.41) is 4.13. The van der Waals surface area contributed by atoms with E-state index in [2.05, 4.69) is 36.3 Å². The Morgan fingerprint density at radius 1 is 1.36 bits per heavy atom. The van der Waals surface area contributed by atoms with Crippen molar-refractivity contribution in [3.05, 3.63) is 53.3 Å². The molecule has 116 valence electrons. The van der Waals surface area contributed by atoms with Gasteiger partial charge in [-0.3, -0.25) is 9.48 Å². The first-order valence-electron chi connectivity index (χ1n) is 8.05. The molecule has 1 aromatic carbocycles. The lowest BCUT2D eigenvalue weighted by Gasteiger charge is -2.35. The second kappa shape index (κ2) is 6.34. The maximum atomic E-state index is 12.8. The fourth-order valence-electron chi connectivity index (χ4n) is 3.33. The summed E-state index contributed by atoms with van der Waals surface area (Å²) in [6, 6.07) is 8.89. The predicted molar refractivity (Wildman–Crippen MR) is 86.8 cm³/mol. The van der Waals surface area contributed by atoms with E-state index in [1.165, 1.54) is 11.1 Å². The van der Waals surface area contributed by atoms with Gasteiger partial charge in [0.15, 0.2) is 0 Å². The smallest absolute Gasteiger partial charge is 0.257 e. The van der Waals surface area contributed by atoms with Crippen molar-refractivity contribution >= 4 is 5.91 Å². The zero-order valence-electron chi connectivity index (χ0n) is 13.3. The highest BCUT2D eigenvalue weighted by atomic mass is 16.2. The number of carbonyl (C=O) groups excluding carboxylic acids is 1. The van der Waals surface area contributed by atoms with Crippen LogP contribution in [-0.4, -0.2) is 33.2 Å². The highest BCUT2D eigenvalue weighted by Crippen LogP contribution is 2.25. The number of rotatable bonds is 4. The highest BCUT2D eigenvalue weighted by Gasteiger charge is 2.28. The zero-order valence-corrected chi connectivity index (χ0v) is 13.3. The average Bonchev–Trinajstić information content (AvgIpc) is 2.98. The third kappa shape index (κ3) is 2.91. The summed E-state index contributed by atoms with van der Waals surface area (Å²) in [4.78, 5) is 14.9. The fourth-order valence-corrected chi connectivity index (χ4v) is 3.33. The van der Waals surface area contributed by atoms with Gasteiger partial charge in [0.2, 0.25) is 0 Å². The SMILES string of the molecule is CCCN(C(=O)c1cnn(C)c1)C1CCc2ccccc2C1. The van der Waals surface area contributed by atoms with Gasteiger partial charge in [-0.2, -0.15) is 5.10 Å². The number of carbonyl (C=O) groups is 1. The van der Waals surface area contributed by atoms with E-state index in [1.807, 2.05) is 18.1 Å². The standard InChI is InChI=1S/C18H23N3O/c1-3-10-21(18(22)16-12-19-20(2)13-16)17-9-8-14-6-4-5-7-15(14)11-17/h4-7,12-13,17H,3,8-11H2,1-2H3. The second-order valence-electron chi connectivity index (χ2n) is 6.07. The molecule has 0 N–H and O–H groups in total. The van der Waals surface area contributed by atoms with E-state index >= 15 is 0 Å². The van der Waals surface area contributed by atoms with Crippen molar-refractivity contribution in [3.8, 4) is 0 Å². The molecule has 1 aliphatic carbocycles. The van der Waals surface area contributed by atoms with Crippen molar-refractivity contribution in [2.45, 2.75) is 38.6 Å². The number of nitrogens with zero attached hydrogens (tertiary/aromatic N) is 3. The van der Waals surface area contributed by atoms with Gasteiger partial charge in [-0.25, -0.2) is 0 Å². The molecule has 1 unspecified atom stereocenters. The van der Waals surface area contributed by atoms with Gasteiger partial charge in [-0.15, -0.1) is 0 Å². The Kier molecular flexibility index (Phi) is 4.27. The third-order valence-corrected chi connectivity index (χ3v) is 4.44. The van der Waals surface area contributed by atoms with Crippen LogP contribution in [0, 0.1) is 0 Å². The van der Waals surface area contributed by atoms with E-state index in [-0.39, 0.29) is 5.91 Å². The van der Waals surface area contributed by atoms with Gasteiger partial charge in [-0.05, 0) is 36.8 Å². The van der Waals surface area contributed by atoms with Crippen LogP contribution in [-0.2, 0) is 19.9 Å². The number of hydrogen-bond acceptors (Lipinski definition) is 2. The van der Waals surface area contributed by atoms with E-state index < -0.39 is 0 Å². The minimum absolute atomic E-state index is 0.110. The summed E-state index contributed by atoms with van der Waals surface area (Å²) in [5.74, 6) is 0.110. The van der Waals surface area contributed by atoms with Crippen molar-refractivity contribution in [1.82, 2.24) is 14.7 Å². The first-order chi connectivity index (χ1) is 10.7. The monoisotopic (exact) mass is 297 g/mol. The molecule has 1 aliphatic rings. The number of hydrogen-bond donors (Lipinski definition) is 0. The molecule has 0 aliphatic heterocycles. The molecule has 4 heteroatoms. The van der Waals surface area contributed by atoms with E-state index in [0.29, 0.717) is 11.6 Å². The van der Waals surface area contributed by atoms with Crippen LogP contribution in [0.4, 0.5) is 0 Å². The van der Waals surface area contributed by atoms with Gasteiger partial charge in [-0.1, -0.05) is 31.2 Å². The number of aryl methyl sites for hydroxylation is 2. The lowest BCUT2D eigenvalue weighted by Crippen LogP contribution is -2.43. The molecular formula is C18H23N3O. The topological polar surface area (TPSA) is 38.1 Å². The number of amides is 1. The average molecular weight is 297 g/mol. The first-order valence-corrected chi connectivity index (χ1v) is 8.05. The molecule has 0 spiro atoms. The van der Waals surface area contributed by atoms with Crippen LogP contribution in [0.5, 0.6) is 0 Å². The van der Waals surface area contributed by atoms with Crippen LogP contribution in [0.25, 0.3) is 0 Å². The van der Waals surface area contributed by atoms with E-state index in [1.54, 1.807) is 10.9 Å². The lowest BCUT2D eigenvalue weighted by atomic mass is 9.87. The zero-order chi connectivity index (χ0) is 15.5. The summed E-state index contributed by atoms with van der Waals surface area (Å²) < 4.78 is 1.69. The van der Waals surface area contributed by atoms with Crippen LogP contribution in [0.3, 0.4) is 0 Å². The maximum Gasteiger partial charge on any atom is 0.257 e. The molecule has 22 heavy (non-hydrogen) atoms. The molecule has 0 fully saturated rings. The van der Waals surface area contributed by atoms with Crippen LogP contribution in [0.2, 0.25) is 0 Å². The molecule has 4 nitrogen and oxygen atoms in total. The molecular weight excluding hydrogens is 274 g/mol. The molecule has 1 heterocycles. The Balaban J connectivity index is 1.81. The Morgan fingerprint density at radius 3 is 2.82 bits per heavy atom. The molecule has 1 atom stereocenters.